The van der Waals surface area contributed by atoms with Gasteiger partial charge in [0.15, 0.2) is 5.96 Å². The highest BCUT2D eigenvalue weighted by molar-refractivity contribution is 14.0. The standard InChI is InChI=1S/C19H27N7.HI/c1-13-16(14(2)25(5)24-13)12-22-19(20-4)21-10-11-26-15(3)23-17-8-6-7-9-18(17)26;/h6-9H,10-12H2,1-5H3,(H2,20,21,22);1H. The molecule has 0 saturated carbocycles. The Hall–Kier alpha value is -2.10. The van der Waals surface area contributed by atoms with Gasteiger partial charge in [0.1, 0.15) is 5.82 Å². The molecule has 8 heteroatoms. The van der Waals surface area contributed by atoms with Crippen LogP contribution in [0.5, 0.6) is 0 Å². The van der Waals surface area contributed by atoms with Crippen molar-refractivity contribution in [3.8, 4) is 0 Å². The van der Waals surface area contributed by atoms with Gasteiger partial charge in [0, 0.05) is 45.0 Å². The van der Waals surface area contributed by atoms with E-state index >= 15 is 0 Å². The van der Waals surface area contributed by atoms with Gasteiger partial charge >= 0.3 is 0 Å². The zero-order valence-corrected chi connectivity index (χ0v) is 18.9. The summed E-state index contributed by atoms with van der Waals surface area (Å²) >= 11 is 0. The quantitative estimate of drug-likeness (QED) is 0.334. The molecule has 0 aliphatic rings. The van der Waals surface area contributed by atoms with E-state index < -0.39 is 0 Å². The average molecular weight is 481 g/mol. The third-order valence-electron chi connectivity index (χ3n) is 4.79. The molecule has 7 nitrogen and oxygen atoms in total. The van der Waals surface area contributed by atoms with Gasteiger partial charge in [0.05, 0.1) is 16.7 Å². The first-order chi connectivity index (χ1) is 12.5. The van der Waals surface area contributed by atoms with E-state index in [1.54, 1.807) is 7.05 Å². The summed E-state index contributed by atoms with van der Waals surface area (Å²) in [6, 6.07) is 8.22. The van der Waals surface area contributed by atoms with Crippen molar-refractivity contribution in [1.29, 1.82) is 0 Å². The van der Waals surface area contributed by atoms with Gasteiger partial charge in [-0.1, -0.05) is 12.1 Å². The van der Waals surface area contributed by atoms with Crippen LogP contribution in [0.2, 0.25) is 0 Å². The first-order valence-electron chi connectivity index (χ1n) is 8.86. The molecule has 0 amide bonds. The van der Waals surface area contributed by atoms with Crippen LogP contribution < -0.4 is 10.6 Å². The molecule has 2 heterocycles. The minimum atomic E-state index is 0. The Bertz CT molecular complexity index is 939. The van der Waals surface area contributed by atoms with Crippen LogP contribution in [0.15, 0.2) is 29.3 Å². The van der Waals surface area contributed by atoms with E-state index in [0.29, 0.717) is 6.54 Å². The van der Waals surface area contributed by atoms with Crippen molar-refractivity contribution in [2.24, 2.45) is 12.0 Å². The van der Waals surface area contributed by atoms with Crippen molar-refractivity contribution in [3.05, 3.63) is 47.0 Å². The summed E-state index contributed by atoms with van der Waals surface area (Å²) < 4.78 is 4.14. The van der Waals surface area contributed by atoms with Crippen LogP contribution in [0.25, 0.3) is 11.0 Å². The van der Waals surface area contributed by atoms with E-state index in [0.717, 1.165) is 41.6 Å². The molecule has 1 aromatic carbocycles. The smallest absolute Gasteiger partial charge is 0.191 e. The largest absolute Gasteiger partial charge is 0.355 e. The van der Waals surface area contributed by atoms with Crippen molar-refractivity contribution in [2.45, 2.75) is 33.9 Å². The van der Waals surface area contributed by atoms with E-state index in [1.807, 2.05) is 43.8 Å². The van der Waals surface area contributed by atoms with Crippen LogP contribution >= 0.6 is 24.0 Å². The Morgan fingerprint density at radius 2 is 1.89 bits per heavy atom. The second-order valence-electron chi connectivity index (χ2n) is 6.42. The molecule has 0 spiro atoms. The number of aliphatic imine (C=N–C) groups is 1. The van der Waals surface area contributed by atoms with Crippen LogP contribution in [0.3, 0.4) is 0 Å². The number of guanidine groups is 1. The molecule has 0 fully saturated rings. The van der Waals surface area contributed by atoms with Gasteiger partial charge in [-0.2, -0.15) is 5.10 Å². The minimum Gasteiger partial charge on any atom is -0.355 e. The lowest BCUT2D eigenvalue weighted by Gasteiger charge is -2.13. The van der Waals surface area contributed by atoms with Gasteiger partial charge in [-0.05, 0) is 32.9 Å². The van der Waals surface area contributed by atoms with Gasteiger partial charge in [0.2, 0.25) is 0 Å². The van der Waals surface area contributed by atoms with Crippen molar-refractivity contribution in [3.63, 3.8) is 0 Å². The number of benzene rings is 1. The summed E-state index contributed by atoms with van der Waals surface area (Å²) in [5, 5.41) is 11.2. The average Bonchev–Trinajstić information content (AvgIpc) is 3.07. The first kappa shape index (κ1) is 21.2. The molecular formula is C19H28IN7. The summed E-state index contributed by atoms with van der Waals surface area (Å²) in [5.41, 5.74) is 5.64. The number of aromatic nitrogens is 4. The van der Waals surface area contributed by atoms with Crippen molar-refractivity contribution < 1.29 is 0 Å². The Balaban J connectivity index is 0.00000261. The summed E-state index contributed by atoms with van der Waals surface area (Å²) in [5.74, 6) is 1.81. The predicted molar refractivity (Wildman–Crippen MR) is 121 cm³/mol. The second kappa shape index (κ2) is 9.20. The summed E-state index contributed by atoms with van der Waals surface area (Å²) in [6.07, 6.45) is 0. The van der Waals surface area contributed by atoms with Gasteiger partial charge in [-0.25, -0.2) is 4.98 Å². The van der Waals surface area contributed by atoms with Crippen LogP contribution in [-0.4, -0.2) is 38.9 Å². The number of fused-ring (bicyclic) bond motifs is 1. The molecule has 3 aromatic rings. The minimum absolute atomic E-state index is 0. The highest BCUT2D eigenvalue weighted by Crippen LogP contribution is 2.15. The van der Waals surface area contributed by atoms with E-state index in [4.69, 9.17) is 0 Å². The van der Waals surface area contributed by atoms with Crippen LogP contribution in [0.4, 0.5) is 0 Å². The number of para-hydroxylation sites is 2. The lowest BCUT2D eigenvalue weighted by Crippen LogP contribution is -2.38. The number of rotatable bonds is 5. The summed E-state index contributed by atoms with van der Waals surface area (Å²) in [4.78, 5) is 8.92. The summed E-state index contributed by atoms with van der Waals surface area (Å²) in [6.45, 7) is 8.47. The Kier molecular flexibility index (Phi) is 7.23. The first-order valence-corrected chi connectivity index (χ1v) is 8.86. The summed E-state index contributed by atoms with van der Waals surface area (Å²) in [7, 11) is 3.76. The lowest BCUT2D eigenvalue weighted by molar-refractivity contribution is 0.659. The fourth-order valence-corrected chi connectivity index (χ4v) is 3.23. The zero-order valence-electron chi connectivity index (χ0n) is 16.6. The van der Waals surface area contributed by atoms with E-state index in [2.05, 4.69) is 43.3 Å². The number of hydrogen-bond donors (Lipinski definition) is 2. The third-order valence-corrected chi connectivity index (χ3v) is 4.79. The molecule has 0 aliphatic carbocycles. The SMILES string of the molecule is CN=C(NCCn1c(C)nc2ccccc21)NCc1c(C)nn(C)c1C.I. The van der Waals surface area contributed by atoms with E-state index in [1.165, 1.54) is 11.3 Å². The van der Waals surface area contributed by atoms with Gasteiger partial charge in [0.25, 0.3) is 0 Å². The highest BCUT2D eigenvalue weighted by atomic mass is 127. The monoisotopic (exact) mass is 481 g/mol. The molecule has 0 bridgehead atoms. The molecule has 0 aliphatic heterocycles. The molecule has 3 rings (SSSR count). The maximum atomic E-state index is 4.61. The fourth-order valence-electron chi connectivity index (χ4n) is 3.23. The van der Waals surface area contributed by atoms with Crippen molar-refractivity contribution in [1.82, 2.24) is 30.0 Å². The second-order valence-corrected chi connectivity index (χ2v) is 6.42. The fraction of sp³-hybridized carbons (Fsp3) is 0.421. The predicted octanol–water partition coefficient (Wildman–Crippen LogP) is 2.68. The zero-order chi connectivity index (χ0) is 18.7. The van der Waals surface area contributed by atoms with E-state index in [-0.39, 0.29) is 24.0 Å². The number of imidazole rings is 1. The number of nitrogens with one attached hydrogen (secondary N) is 2. The van der Waals surface area contributed by atoms with Gasteiger partial charge in [-0.3, -0.25) is 9.67 Å². The molecule has 146 valence electrons. The van der Waals surface area contributed by atoms with Crippen molar-refractivity contribution in [2.75, 3.05) is 13.6 Å². The van der Waals surface area contributed by atoms with Crippen LogP contribution in [0.1, 0.15) is 22.8 Å². The molecule has 2 N–H and O–H groups in total. The molecule has 0 unspecified atom stereocenters. The Morgan fingerprint density at radius 3 is 2.56 bits per heavy atom. The molecule has 0 radical (unpaired) electrons. The number of halogens is 1. The molecular weight excluding hydrogens is 453 g/mol. The number of nitrogens with zero attached hydrogens (tertiary/aromatic N) is 5. The molecule has 0 saturated heterocycles. The number of aryl methyl sites for hydroxylation is 3. The molecule has 27 heavy (non-hydrogen) atoms. The van der Waals surface area contributed by atoms with Crippen LogP contribution in [-0.2, 0) is 20.1 Å². The maximum Gasteiger partial charge on any atom is 0.191 e. The Labute approximate surface area is 177 Å². The van der Waals surface area contributed by atoms with Crippen molar-refractivity contribution >= 4 is 41.0 Å². The Morgan fingerprint density at radius 1 is 1.15 bits per heavy atom. The lowest BCUT2D eigenvalue weighted by atomic mass is 10.2. The molecule has 2 aromatic heterocycles. The third kappa shape index (κ3) is 4.60. The van der Waals surface area contributed by atoms with Crippen LogP contribution in [0, 0.1) is 20.8 Å². The van der Waals surface area contributed by atoms with Gasteiger partial charge in [-0.15, -0.1) is 24.0 Å². The topological polar surface area (TPSA) is 72.1 Å². The van der Waals surface area contributed by atoms with E-state index in [9.17, 15) is 0 Å². The molecule has 0 atom stereocenters. The maximum absolute atomic E-state index is 4.61. The number of hydrogen-bond acceptors (Lipinski definition) is 3. The highest BCUT2D eigenvalue weighted by Gasteiger charge is 2.10. The van der Waals surface area contributed by atoms with Gasteiger partial charge < -0.3 is 15.2 Å². The normalized spacial score (nSPS) is 11.5.